The highest BCUT2D eigenvalue weighted by molar-refractivity contribution is 7.11. The Labute approximate surface area is 112 Å². The maximum Gasteiger partial charge on any atom is 0.409 e. The minimum Gasteiger partial charge on any atom is -0.450 e. The number of ether oxygens (including phenoxy) is 1. The lowest BCUT2D eigenvalue weighted by Gasteiger charge is -2.33. The summed E-state index contributed by atoms with van der Waals surface area (Å²) in [5.74, 6) is 0. The van der Waals surface area contributed by atoms with Crippen LogP contribution in [0, 0.1) is 6.92 Å². The standard InChI is InChI=1S/C13H20N2O2S/c1-3-17-13(16)15-8-6-14(7-9-15)10-12-5-4-11(2)18-12/h4-5H,3,6-10H2,1-2H3. The molecule has 0 spiro atoms. The molecule has 0 aliphatic carbocycles. The molecule has 100 valence electrons. The molecule has 1 aromatic heterocycles. The Bertz CT molecular complexity index is 397. The monoisotopic (exact) mass is 268 g/mol. The summed E-state index contributed by atoms with van der Waals surface area (Å²) in [6, 6.07) is 4.35. The third kappa shape index (κ3) is 3.46. The number of rotatable bonds is 3. The average Bonchev–Trinajstić information content (AvgIpc) is 2.76. The number of hydrogen-bond donors (Lipinski definition) is 0. The van der Waals surface area contributed by atoms with Crippen LogP contribution in [-0.4, -0.2) is 48.7 Å². The lowest BCUT2D eigenvalue weighted by molar-refractivity contribution is 0.0781. The zero-order chi connectivity index (χ0) is 13.0. The number of nitrogens with zero attached hydrogens (tertiary/aromatic N) is 2. The van der Waals surface area contributed by atoms with Gasteiger partial charge in [-0.15, -0.1) is 11.3 Å². The topological polar surface area (TPSA) is 32.8 Å². The molecule has 4 nitrogen and oxygen atoms in total. The molecular formula is C13H20N2O2S. The quantitative estimate of drug-likeness (QED) is 0.843. The third-order valence-electron chi connectivity index (χ3n) is 3.07. The second kappa shape index (κ2) is 6.20. The van der Waals surface area contributed by atoms with Crippen molar-refractivity contribution in [3.63, 3.8) is 0 Å². The van der Waals surface area contributed by atoms with E-state index in [0.717, 1.165) is 32.7 Å². The summed E-state index contributed by atoms with van der Waals surface area (Å²) in [6.45, 7) is 8.81. The first-order chi connectivity index (χ1) is 8.69. The minimum absolute atomic E-state index is 0.177. The molecule has 18 heavy (non-hydrogen) atoms. The molecule has 0 aromatic carbocycles. The lowest BCUT2D eigenvalue weighted by Crippen LogP contribution is -2.48. The number of hydrogen-bond acceptors (Lipinski definition) is 4. The number of amides is 1. The van der Waals surface area contributed by atoms with Gasteiger partial charge in [-0.1, -0.05) is 0 Å². The van der Waals surface area contributed by atoms with Gasteiger partial charge in [-0.3, -0.25) is 4.90 Å². The van der Waals surface area contributed by atoms with Crippen LogP contribution in [0.15, 0.2) is 12.1 Å². The fourth-order valence-corrected chi connectivity index (χ4v) is 3.03. The highest BCUT2D eigenvalue weighted by atomic mass is 32.1. The Hall–Kier alpha value is -1.07. The second-order valence-corrected chi connectivity index (χ2v) is 5.85. The van der Waals surface area contributed by atoms with E-state index in [-0.39, 0.29) is 6.09 Å². The fraction of sp³-hybridized carbons (Fsp3) is 0.615. The molecule has 0 N–H and O–H groups in total. The smallest absolute Gasteiger partial charge is 0.409 e. The van der Waals surface area contributed by atoms with Crippen molar-refractivity contribution < 1.29 is 9.53 Å². The SMILES string of the molecule is CCOC(=O)N1CCN(Cc2ccc(C)s2)CC1. The van der Waals surface area contributed by atoms with Crippen LogP contribution in [-0.2, 0) is 11.3 Å². The van der Waals surface area contributed by atoms with Gasteiger partial charge >= 0.3 is 6.09 Å². The van der Waals surface area contributed by atoms with Crippen LogP contribution in [0.2, 0.25) is 0 Å². The van der Waals surface area contributed by atoms with Crippen molar-refractivity contribution in [3.05, 3.63) is 21.9 Å². The molecule has 0 saturated carbocycles. The van der Waals surface area contributed by atoms with Crippen LogP contribution in [0.1, 0.15) is 16.7 Å². The minimum atomic E-state index is -0.177. The number of aryl methyl sites for hydroxylation is 1. The van der Waals surface area contributed by atoms with E-state index in [1.807, 2.05) is 18.3 Å². The Morgan fingerprint density at radius 1 is 1.33 bits per heavy atom. The first-order valence-corrected chi connectivity index (χ1v) is 7.20. The Morgan fingerprint density at radius 2 is 2.06 bits per heavy atom. The van der Waals surface area contributed by atoms with Gasteiger partial charge < -0.3 is 9.64 Å². The molecule has 1 fully saturated rings. The molecule has 5 heteroatoms. The highest BCUT2D eigenvalue weighted by Crippen LogP contribution is 2.18. The normalized spacial score (nSPS) is 16.9. The van der Waals surface area contributed by atoms with E-state index < -0.39 is 0 Å². The summed E-state index contributed by atoms with van der Waals surface area (Å²) in [5, 5.41) is 0. The van der Waals surface area contributed by atoms with Crippen LogP contribution in [0.5, 0.6) is 0 Å². The molecule has 1 aromatic rings. The summed E-state index contributed by atoms with van der Waals surface area (Å²) in [5.41, 5.74) is 0. The van der Waals surface area contributed by atoms with Gasteiger partial charge in [0.15, 0.2) is 0 Å². The van der Waals surface area contributed by atoms with Gasteiger partial charge in [0.25, 0.3) is 0 Å². The van der Waals surface area contributed by atoms with Crippen LogP contribution >= 0.6 is 11.3 Å². The summed E-state index contributed by atoms with van der Waals surface area (Å²) >= 11 is 1.85. The Morgan fingerprint density at radius 3 is 2.61 bits per heavy atom. The largest absolute Gasteiger partial charge is 0.450 e. The molecule has 0 radical (unpaired) electrons. The molecule has 2 heterocycles. The summed E-state index contributed by atoms with van der Waals surface area (Å²) in [4.78, 5) is 18.5. The van der Waals surface area contributed by atoms with Crippen molar-refractivity contribution >= 4 is 17.4 Å². The second-order valence-electron chi connectivity index (χ2n) is 4.47. The van der Waals surface area contributed by atoms with Crippen molar-refractivity contribution in [3.8, 4) is 0 Å². The van der Waals surface area contributed by atoms with Crippen LogP contribution in [0.4, 0.5) is 4.79 Å². The molecule has 2 rings (SSSR count). The van der Waals surface area contributed by atoms with E-state index in [0.29, 0.717) is 6.61 Å². The van der Waals surface area contributed by atoms with Gasteiger partial charge in [-0.05, 0) is 26.0 Å². The lowest BCUT2D eigenvalue weighted by atomic mass is 10.3. The van der Waals surface area contributed by atoms with Gasteiger partial charge in [0.1, 0.15) is 0 Å². The molecular weight excluding hydrogens is 248 g/mol. The zero-order valence-electron chi connectivity index (χ0n) is 11.0. The van der Waals surface area contributed by atoms with Gasteiger partial charge in [-0.2, -0.15) is 0 Å². The van der Waals surface area contributed by atoms with Gasteiger partial charge in [0.05, 0.1) is 6.61 Å². The number of carbonyl (C=O) groups excluding carboxylic acids is 1. The van der Waals surface area contributed by atoms with E-state index >= 15 is 0 Å². The summed E-state index contributed by atoms with van der Waals surface area (Å²) < 4.78 is 5.01. The molecule has 0 atom stereocenters. The fourth-order valence-electron chi connectivity index (χ4n) is 2.09. The predicted molar refractivity (Wildman–Crippen MR) is 72.9 cm³/mol. The first-order valence-electron chi connectivity index (χ1n) is 6.38. The Balaban J connectivity index is 1.78. The van der Waals surface area contributed by atoms with Crippen molar-refractivity contribution in [2.45, 2.75) is 20.4 Å². The first kappa shape index (κ1) is 13.4. The summed E-state index contributed by atoms with van der Waals surface area (Å²) in [7, 11) is 0. The van der Waals surface area contributed by atoms with Crippen molar-refractivity contribution in [2.24, 2.45) is 0 Å². The molecule has 1 aliphatic heterocycles. The van der Waals surface area contributed by atoms with E-state index in [2.05, 4.69) is 24.0 Å². The van der Waals surface area contributed by atoms with E-state index in [9.17, 15) is 4.79 Å². The van der Waals surface area contributed by atoms with E-state index in [1.165, 1.54) is 9.75 Å². The van der Waals surface area contributed by atoms with Crippen molar-refractivity contribution in [1.29, 1.82) is 0 Å². The molecule has 1 aliphatic rings. The van der Waals surface area contributed by atoms with E-state index in [4.69, 9.17) is 4.74 Å². The van der Waals surface area contributed by atoms with Gasteiger partial charge in [-0.25, -0.2) is 4.79 Å². The number of piperazine rings is 1. The van der Waals surface area contributed by atoms with Gasteiger partial charge in [0, 0.05) is 42.5 Å². The zero-order valence-corrected chi connectivity index (χ0v) is 11.8. The van der Waals surface area contributed by atoms with E-state index in [1.54, 1.807) is 4.90 Å². The Kier molecular flexibility index (Phi) is 4.60. The predicted octanol–water partition coefficient (Wildman–Crippen LogP) is 2.33. The van der Waals surface area contributed by atoms with Crippen molar-refractivity contribution in [2.75, 3.05) is 32.8 Å². The maximum absolute atomic E-state index is 11.6. The molecule has 1 saturated heterocycles. The highest BCUT2D eigenvalue weighted by Gasteiger charge is 2.21. The van der Waals surface area contributed by atoms with Crippen LogP contribution < -0.4 is 0 Å². The summed E-state index contributed by atoms with van der Waals surface area (Å²) in [6.07, 6.45) is -0.177. The average molecular weight is 268 g/mol. The number of thiophene rings is 1. The maximum atomic E-state index is 11.6. The van der Waals surface area contributed by atoms with Crippen LogP contribution in [0.3, 0.4) is 0 Å². The van der Waals surface area contributed by atoms with Gasteiger partial charge in [0.2, 0.25) is 0 Å². The number of carbonyl (C=O) groups is 1. The molecule has 1 amide bonds. The third-order valence-corrected chi connectivity index (χ3v) is 4.06. The molecule has 0 bridgehead atoms. The van der Waals surface area contributed by atoms with Crippen molar-refractivity contribution in [1.82, 2.24) is 9.80 Å². The van der Waals surface area contributed by atoms with Crippen LogP contribution in [0.25, 0.3) is 0 Å². The molecule has 0 unspecified atom stereocenters.